The Kier molecular flexibility index (Phi) is 2.52. The first-order valence-electron chi connectivity index (χ1n) is 5.09. The third-order valence-electron chi connectivity index (χ3n) is 2.44. The first kappa shape index (κ1) is 10.8. The molecule has 2 aromatic heterocycles. The predicted octanol–water partition coefficient (Wildman–Crippen LogP) is 2.41. The van der Waals surface area contributed by atoms with E-state index in [0.29, 0.717) is 16.0 Å². The highest BCUT2D eigenvalue weighted by atomic mass is 32.1. The van der Waals surface area contributed by atoms with Crippen LogP contribution in [0.25, 0.3) is 10.9 Å². The van der Waals surface area contributed by atoms with Gasteiger partial charge in [-0.05, 0) is 18.2 Å². The SMILES string of the molecule is O=C(Nc1nncs1)c1cc2c(F)cccc2[nH]1. The molecule has 0 aliphatic heterocycles. The van der Waals surface area contributed by atoms with E-state index in [-0.39, 0.29) is 17.4 Å². The number of nitrogens with zero attached hydrogens (tertiary/aromatic N) is 2. The van der Waals surface area contributed by atoms with Crippen molar-refractivity contribution in [2.24, 2.45) is 0 Å². The van der Waals surface area contributed by atoms with E-state index in [4.69, 9.17) is 0 Å². The molecule has 90 valence electrons. The van der Waals surface area contributed by atoms with Crippen molar-refractivity contribution in [1.82, 2.24) is 15.2 Å². The van der Waals surface area contributed by atoms with Gasteiger partial charge in [0.05, 0.1) is 0 Å². The average Bonchev–Trinajstić information content (AvgIpc) is 2.97. The van der Waals surface area contributed by atoms with Gasteiger partial charge in [-0.2, -0.15) is 0 Å². The van der Waals surface area contributed by atoms with Crippen molar-refractivity contribution in [3.63, 3.8) is 0 Å². The Balaban J connectivity index is 1.94. The standard InChI is InChI=1S/C11H7FN4OS/c12-7-2-1-3-8-6(7)4-9(14-8)10(17)15-11-16-13-5-18-11/h1-5,14H,(H,15,16,17). The monoisotopic (exact) mass is 262 g/mol. The van der Waals surface area contributed by atoms with E-state index < -0.39 is 0 Å². The van der Waals surface area contributed by atoms with Gasteiger partial charge in [0.1, 0.15) is 17.0 Å². The van der Waals surface area contributed by atoms with Crippen LogP contribution in [0.15, 0.2) is 29.8 Å². The maximum atomic E-state index is 13.5. The lowest BCUT2D eigenvalue weighted by Gasteiger charge is -1.96. The Morgan fingerprint density at radius 1 is 1.44 bits per heavy atom. The summed E-state index contributed by atoms with van der Waals surface area (Å²) in [6.45, 7) is 0. The van der Waals surface area contributed by atoms with E-state index in [1.165, 1.54) is 29.0 Å². The fourth-order valence-corrected chi connectivity index (χ4v) is 2.07. The molecule has 5 nitrogen and oxygen atoms in total. The van der Waals surface area contributed by atoms with Gasteiger partial charge in [0.15, 0.2) is 0 Å². The van der Waals surface area contributed by atoms with Crippen LogP contribution in [0.2, 0.25) is 0 Å². The average molecular weight is 262 g/mol. The van der Waals surface area contributed by atoms with Crippen molar-refractivity contribution in [2.45, 2.75) is 0 Å². The number of carbonyl (C=O) groups excluding carboxylic acids is 1. The van der Waals surface area contributed by atoms with E-state index in [9.17, 15) is 9.18 Å². The lowest BCUT2D eigenvalue weighted by atomic mass is 10.2. The van der Waals surface area contributed by atoms with E-state index in [1.54, 1.807) is 12.1 Å². The highest BCUT2D eigenvalue weighted by Crippen LogP contribution is 2.19. The molecule has 2 heterocycles. The fraction of sp³-hybridized carbons (Fsp3) is 0. The second-order valence-electron chi connectivity index (χ2n) is 3.58. The molecule has 0 unspecified atom stereocenters. The number of nitrogens with one attached hydrogen (secondary N) is 2. The maximum Gasteiger partial charge on any atom is 0.273 e. The van der Waals surface area contributed by atoms with Crippen LogP contribution in [0, 0.1) is 5.82 Å². The molecule has 0 saturated heterocycles. The van der Waals surface area contributed by atoms with Crippen molar-refractivity contribution in [3.05, 3.63) is 41.3 Å². The summed E-state index contributed by atoms with van der Waals surface area (Å²) in [5, 5.41) is 10.7. The largest absolute Gasteiger partial charge is 0.350 e. The number of aromatic amines is 1. The molecule has 2 N–H and O–H groups in total. The minimum Gasteiger partial charge on any atom is -0.350 e. The Morgan fingerprint density at radius 2 is 2.33 bits per heavy atom. The van der Waals surface area contributed by atoms with Gasteiger partial charge in [0.2, 0.25) is 5.13 Å². The number of rotatable bonds is 2. The Labute approximate surface area is 105 Å². The lowest BCUT2D eigenvalue weighted by molar-refractivity contribution is 0.102. The van der Waals surface area contributed by atoms with E-state index in [0.717, 1.165) is 0 Å². The molecule has 3 aromatic rings. The summed E-state index contributed by atoms with van der Waals surface area (Å²) < 4.78 is 13.5. The van der Waals surface area contributed by atoms with Crippen LogP contribution in [-0.2, 0) is 0 Å². The molecule has 0 spiro atoms. The van der Waals surface area contributed by atoms with Crippen LogP contribution in [0.1, 0.15) is 10.5 Å². The van der Waals surface area contributed by atoms with Gasteiger partial charge in [-0.3, -0.25) is 10.1 Å². The van der Waals surface area contributed by atoms with Gasteiger partial charge >= 0.3 is 0 Å². The Hall–Kier alpha value is -2.28. The zero-order valence-electron chi connectivity index (χ0n) is 8.98. The molecule has 0 radical (unpaired) electrons. The summed E-state index contributed by atoms with van der Waals surface area (Å²) in [4.78, 5) is 14.7. The van der Waals surface area contributed by atoms with Gasteiger partial charge in [0.25, 0.3) is 5.91 Å². The molecule has 18 heavy (non-hydrogen) atoms. The van der Waals surface area contributed by atoms with Crippen molar-refractivity contribution in [3.8, 4) is 0 Å². The van der Waals surface area contributed by atoms with E-state index >= 15 is 0 Å². The summed E-state index contributed by atoms with van der Waals surface area (Å²) in [5.74, 6) is -0.735. The highest BCUT2D eigenvalue weighted by molar-refractivity contribution is 7.13. The third kappa shape index (κ3) is 1.84. The van der Waals surface area contributed by atoms with Crippen molar-refractivity contribution >= 4 is 33.3 Å². The third-order valence-corrected chi connectivity index (χ3v) is 3.04. The number of hydrogen-bond donors (Lipinski definition) is 2. The van der Waals surface area contributed by atoms with Crippen LogP contribution in [0.3, 0.4) is 0 Å². The number of hydrogen-bond acceptors (Lipinski definition) is 4. The van der Waals surface area contributed by atoms with Crippen molar-refractivity contribution in [1.29, 1.82) is 0 Å². The van der Waals surface area contributed by atoms with Crippen molar-refractivity contribution in [2.75, 3.05) is 5.32 Å². The van der Waals surface area contributed by atoms with Crippen molar-refractivity contribution < 1.29 is 9.18 Å². The van der Waals surface area contributed by atoms with Gasteiger partial charge in [-0.25, -0.2) is 4.39 Å². The number of anilines is 1. The number of halogens is 1. The van der Waals surface area contributed by atoms with Gasteiger partial charge in [-0.1, -0.05) is 17.4 Å². The topological polar surface area (TPSA) is 70.7 Å². The quantitative estimate of drug-likeness (QED) is 0.745. The number of H-pyrrole nitrogens is 1. The minimum atomic E-state index is -0.373. The first-order chi connectivity index (χ1) is 8.74. The van der Waals surface area contributed by atoms with Crippen LogP contribution in [0.4, 0.5) is 9.52 Å². The molecule has 0 aliphatic carbocycles. The van der Waals surface area contributed by atoms with Crippen LogP contribution < -0.4 is 5.32 Å². The summed E-state index contributed by atoms with van der Waals surface area (Å²) >= 11 is 1.21. The number of benzene rings is 1. The van der Waals surface area contributed by atoms with Gasteiger partial charge < -0.3 is 4.98 Å². The second kappa shape index (κ2) is 4.19. The highest BCUT2D eigenvalue weighted by Gasteiger charge is 2.12. The maximum absolute atomic E-state index is 13.5. The van der Waals surface area contributed by atoms with Crippen LogP contribution in [0.5, 0.6) is 0 Å². The fourth-order valence-electron chi connectivity index (χ4n) is 1.63. The van der Waals surface area contributed by atoms with Gasteiger partial charge in [-0.15, -0.1) is 10.2 Å². The molecule has 3 rings (SSSR count). The predicted molar refractivity (Wildman–Crippen MR) is 66.1 cm³/mol. The summed E-state index contributed by atoms with van der Waals surface area (Å²) in [7, 11) is 0. The normalized spacial score (nSPS) is 10.7. The molecule has 1 amide bonds. The molecule has 0 atom stereocenters. The first-order valence-corrected chi connectivity index (χ1v) is 5.97. The summed E-state index contributed by atoms with van der Waals surface area (Å²) in [6.07, 6.45) is 0. The summed E-state index contributed by atoms with van der Waals surface area (Å²) in [6, 6.07) is 6.12. The number of aromatic nitrogens is 3. The molecule has 0 fully saturated rings. The number of carbonyl (C=O) groups is 1. The molecule has 0 saturated carbocycles. The smallest absolute Gasteiger partial charge is 0.273 e. The minimum absolute atomic E-state index is 0.283. The molecule has 0 bridgehead atoms. The Bertz CT molecular complexity index is 707. The summed E-state index contributed by atoms with van der Waals surface area (Å²) in [5.41, 5.74) is 2.38. The zero-order chi connectivity index (χ0) is 12.5. The lowest BCUT2D eigenvalue weighted by Crippen LogP contribution is -2.11. The number of fused-ring (bicyclic) bond motifs is 1. The molecular weight excluding hydrogens is 255 g/mol. The number of amides is 1. The van der Waals surface area contributed by atoms with E-state index in [1.807, 2.05) is 0 Å². The van der Waals surface area contributed by atoms with Gasteiger partial charge in [0, 0.05) is 10.9 Å². The Morgan fingerprint density at radius 3 is 3.06 bits per heavy atom. The molecular formula is C11H7FN4OS. The molecule has 0 aliphatic rings. The zero-order valence-corrected chi connectivity index (χ0v) is 9.79. The van der Waals surface area contributed by atoms with Crippen LogP contribution in [-0.4, -0.2) is 21.1 Å². The van der Waals surface area contributed by atoms with E-state index in [2.05, 4.69) is 20.5 Å². The molecule has 1 aromatic carbocycles. The molecule has 7 heteroatoms. The van der Waals surface area contributed by atoms with Crippen LogP contribution >= 0.6 is 11.3 Å². The second-order valence-corrected chi connectivity index (χ2v) is 4.42.